The van der Waals surface area contributed by atoms with Crippen LogP contribution in [-0.2, 0) is 4.79 Å². The first-order valence-electron chi connectivity index (χ1n) is 8.47. The summed E-state index contributed by atoms with van der Waals surface area (Å²) in [5, 5.41) is 7.15. The normalized spacial score (nSPS) is 13.5. The third-order valence-electron chi connectivity index (χ3n) is 4.31. The fourth-order valence-electron chi connectivity index (χ4n) is 3.03. The number of benzene rings is 2. The molecule has 0 atom stereocenters. The van der Waals surface area contributed by atoms with E-state index in [0.29, 0.717) is 5.82 Å². The molecule has 2 aromatic carbocycles. The van der Waals surface area contributed by atoms with Gasteiger partial charge in [-0.15, -0.1) is 0 Å². The Morgan fingerprint density at radius 3 is 2.81 bits per heavy atom. The molecule has 1 heterocycles. The van der Waals surface area contributed by atoms with Gasteiger partial charge in [-0.25, -0.2) is 9.97 Å². The van der Waals surface area contributed by atoms with Crippen molar-refractivity contribution in [2.24, 2.45) is 0 Å². The first-order valence-corrected chi connectivity index (χ1v) is 9.26. The molecule has 130 valence electrons. The Kier molecular flexibility index (Phi) is 4.67. The number of hydrogen-bond donors (Lipinski definition) is 2. The van der Waals surface area contributed by atoms with Crippen LogP contribution in [0.15, 0.2) is 64.9 Å². The molecule has 0 bridgehead atoms. The van der Waals surface area contributed by atoms with E-state index in [1.807, 2.05) is 48.5 Å². The van der Waals surface area contributed by atoms with Gasteiger partial charge in [0.05, 0.1) is 5.52 Å². The van der Waals surface area contributed by atoms with Gasteiger partial charge in [0.25, 0.3) is 5.91 Å². The number of rotatable bonds is 4. The fraction of sp³-hybridized carbons (Fsp3) is 0.150. The summed E-state index contributed by atoms with van der Waals surface area (Å²) in [5.74, 6) is 0.671. The molecule has 2 N–H and O–H groups in total. The Bertz CT molecular complexity index is 1020. The summed E-state index contributed by atoms with van der Waals surface area (Å²) in [6.07, 6.45) is 6.42. The molecule has 1 amide bonds. The largest absolute Gasteiger partial charge is 0.340 e. The minimum Gasteiger partial charge on any atom is -0.340 e. The zero-order valence-electron chi connectivity index (χ0n) is 14.0. The Hall–Kier alpha value is -2.73. The highest BCUT2D eigenvalue weighted by Crippen LogP contribution is 2.27. The molecule has 1 aliphatic carbocycles. The highest BCUT2D eigenvalue weighted by molar-refractivity contribution is 9.10. The maximum absolute atomic E-state index is 12.3. The van der Waals surface area contributed by atoms with Crippen LogP contribution in [0.2, 0.25) is 0 Å². The number of nitrogens with one attached hydrogen (secondary N) is 2. The van der Waals surface area contributed by atoms with E-state index in [-0.39, 0.29) is 5.91 Å². The number of allylic oxidation sites excluding steroid dienone is 1. The van der Waals surface area contributed by atoms with Crippen LogP contribution in [0.5, 0.6) is 0 Å². The van der Waals surface area contributed by atoms with Crippen LogP contribution in [-0.4, -0.2) is 15.9 Å². The van der Waals surface area contributed by atoms with Crippen molar-refractivity contribution in [2.45, 2.75) is 19.3 Å². The molecule has 0 saturated heterocycles. The number of aromatic nitrogens is 2. The van der Waals surface area contributed by atoms with Gasteiger partial charge in [0.15, 0.2) is 0 Å². The maximum Gasteiger partial charge on any atom is 0.251 e. The third kappa shape index (κ3) is 3.60. The number of carbonyl (C=O) groups is 1. The highest BCUT2D eigenvalue weighted by Gasteiger charge is 2.14. The van der Waals surface area contributed by atoms with Gasteiger partial charge in [-0.3, -0.25) is 4.79 Å². The van der Waals surface area contributed by atoms with E-state index in [4.69, 9.17) is 0 Å². The molecular formula is C20H17BrN4O. The number of nitrogens with zero attached hydrogens (tertiary/aromatic N) is 2. The lowest BCUT2D eigenvalue weighted by molar-refractivity contribution is -0.112. The summed E-state index contributed by atoms with van der Waals surface area (Å²) >= 11 is 3.47. The van der Waals surface area contributed by atoms with Gasteiger partial charge < -0.3 is 10.6 Å². The van der Waals surface area contributed by atoms with E-state index in [9.17, 15) is 4.79 Å². The Morgan fingerprint density at radius 1 is 1.08 bits per heavy atom. The first kappa shape index (κ1) is 16.7. The van der Waals surface area contributed by atoms with Crippen molar-refractivity contribution in [3.8, 4) is 0 Å². The summed E-state index contributed by atoms with van der Waals surface area (Å²) in [7, 11) is 0. The van der Waals surface area contributed by atoms with Crippen LogP contribution in [0.4, 0.5) is 17.2 Å². The maximum atomic E-state index is 12.3. The summed E-state index contributed by atoms with van der Waals surface area (Å²) in [6, 6.07) is 13.5. The topological polar surface area (TPSA) is 66.9 Å². The SMILES string of the molecule is O=C(Nc1ccc2ncnc(Nc3cccc(Br)c3)c2c1)C1=CCCC1. The molecule has 0 radical (unpaired) electrons. The molecule has 5 nitrogen and oxygen atoms in total. The molecule has 4 rings (SSSR count). The van der Waals surface area contributed by atoms with Crippen molar-refractivity contribution in [3.05, 3.63) is 64.9 Å². The molecule has 0 unspecified atom stereocenters. The number of hydrogen-bond acceptors (Lipinski definition) is 4. The van der Waals surface area contributed by atoms with Crippen LogP contribution in [0, 0.1) is 0 Å². The van der Waals surface area contributed by atoms with E-state index in [1.165, 1.54) is 6.33 Å². The van der Waals surface area contributed by atoms with Crippen LogP contribution >= 0.6 is 15.9 Å². The second kappa shape index (κ2) is 7.25. The lowest BCUT2D eigenvalue weighted by Crippen LogP contribution is -2.13. The van der Waals surface area contributed by atoms with E-state index in [0.717, 1.165) is 51.6 Å². The van der Waals surface area contributed by atoms with Crippen LogP contribution in [0.3, 0.4) is 0 Å². The summed E-state index contributed by atoms with van der Waals surface area (Å²) in [6.45, 7) is 0. The predicted octanol–water partition coefficient (Wildman–Crippen LogP) is 5.18. The monoisotopic (exact) mass is 408 g/mol. The van der Waals surface area contributed by atoms with Crippen molar-refractivity contribution >= 4 is 49.9 Å². The van der Waals surface area contributed by atoms with Crippen LogP contribution in [0.25, 0.3) is 10.9 Å². The number of fused-ring (bicyclic) bond motifs is 1. The first-order chi connectivity index (χ1) is 12.7. The Balaban J connectivity index is 1.64. The van der Waals surface area contributed by atoms with E-state index < -0.39 is 0 Å². The second-order valence-corrected chi connectivity index (χ2v) is 7.08. The lowest BCUT2D eigenvalue weighted by atomic mass is 10.2. The van der Waals surface area contributed by atoms with Crippen molar-refractivity contribution in [2.75, 3.05) is 10.6 Å². The molecule has 0 fully saturated rings. The van der Waals surface area contributed by atoms with Gasteiger partial charge in [0.1, 0.15) is 12.1 Å². The fourth-order valence-corrected chi connectivity index (χ4v) is 3.42. The number of halogens is 1. The van der Waals surface area contributed by atoms with Gasteiger partial charge in [-0.2, -0.15) is 0 Å². The lowest BCUT2D eigenvalue weighted by Gasteiger charge is -2.11. The third-order valence-corrected chi connectivity index (χ3v) is 4.81. The molecular weight excluding hydrogens is 392 g/mol. The highest BCUT2D eigenvalue weighted by atomic mass is 79.9. The standard InChI is InChI=1S/C20H17BrN4O/c21-14-6-3-7-15(10-14)24-19-17-11-16(8-9-18(17)22-12-23-19)25-20(26)13-4-1-2-5-13/h3-4,6-12H,1-2,5H2,(H,25,26)(H,22,23,24). The average molecular weight is 409 g/mol. The quantitative estimate of drug-likeness (QED) is 0.623. The average Bonchev–Trinajstić information content (AvgIpc) is 3.17. The van der Waals surface area contributed by atoms with E-state index in [1.54, 1.807) is 0 Å². The van der Waals surface area contributed by atoms with Crippen molar-refractivity contribution in [1.29, 1.82) is 0 Å². The van der Waals surface area contributed by atoms with Gasteiger partial charge >= 0.3 is 0 Å². The molecule has 1 aromatic heterocycles. The molecule has 6 heteroatoms. The Labute approximate surface area is 159 Å². The minimum atomic E-state index is -0.0276. The molecule has 0 spiro atoms. The predicted molar refractivity (Wildman–Crippen MR) is 108 cm³/mol. The Morgan fingerprint density at radius 2 is 2.00 bits per heavy atom. The molecule has 0 saturated carbocycles. The van der Waals surface area contributed by atoms with Crippen LogP contribution in [0.1, 0.15) is 19.3 Å². The summed E-state index contributed by atoms with van der Waals surface area (Å²) in [4.78, 5) is 21.0. The summed E-state index contributed by atoms with van der Waals surface area (Å²) in [5.41, 5.74) is 3.34. The molecule has 0 aliphatic heterocycles. The van der Waals surface area contributed by atoms with E-state index >= 15 is 0 Å². The summed E-state index contributed by atoms with van der Waals surface area (Å²) < 4.78 is 0.985. The van der Waals surface area contributed by atoms with Gasteiger partial charge in [-0.05, 0) is 55.7 Å². The number of carbonyl (C=O) groups excluding carboxylic acids is 1. The zero-order chi connectivity index (χ0) is 17.9. The van der Waals surface area contributed by atoms with Crippen molar-refractivity contribution in [1.82, 2.24) is 9.97 Å². The molecule has 26 heavy (non-hydrogen) atoms. The van der Waals surface area contributed by atoms with Gasteiger partial charge in [-0.1, -0.05) is 28.1 Å². The van der Waals surface area contributed by atoms with Crippen molar-refractivity contribution in [3.63, 3.8) is 0 Å². The van der Waals surface area contributed by atoms with Gasteiger partial charge in [0, 0.05) is 26.8 Å². The van der Waals surface area contributed by atoms with Crippen molar-refractivity contribution < 1.29 is 4.79 Å². The minimum absolute atomic E-state index is 0.0276. The smallest absolute Gasteiger partial charge is 0.251 e. The molecule has 3 aromatic rings. The molecule has 1 aliphatic rings. The van der Waals surface area contributed by atoms with E-state index in [2.05, 4.69) is 36.5 Å². The van der Waals surface area contributed by atoms with Crippen LogP contribution < -0.4 is 10.6 Å². The second-order valence-electron chi connectivity index (χ2n) is 6.17. The number of anilines is 3. The zero-order valence-corrected chi connectivity index (χ0v) is 15.6. The number of amides is 1. The van der Waals surface area contributed by atoms with Gasteiger partial charge in [0.2, 0.25) is 0 Å².